The summed E-state index contributed by atoms with van der Waals surface area (Å²) in [5.74, 6) is 0.246. The fourth-order valence-corrected chi connectivity index (χ4v) is 1.37. The molecule has 0 aliphatic rings. The first-order chi connectivity index (χ1) is 4.45. The summed E-state index contributed by atoms with van der Waals surface area (Å²) >= 11 is 10.2. The van der Waals surface area contributed by atoms with Crippen molar-refractivity contribution in [1.29, 1.82) is 0 Å². The first-order valence-corrected chi connectivity index (χ1v) is 6.09. The summed E-state index contributed by atoms with van der Waals surface area (Å²) < 4.78 is 15.0. The average molecular weight is 240 g/mol. The molecule has 0 bridgehead atoms. The quantitative estimate of drug-likeness (QED) is 0.421. The highest BCUT2D eigenvalue weighted by Crippen LogP contribution is 2.57. The number of nitrogens with zero attached hydrogens (tertiary/aromatic N) is 1. The summed E-state index contributed by atoms with van der Waals surface area (Å²) in [4.78, 5) is 3.76. The molecule has 3 nitrogen and oxygen atoms in total. The molecule has 0 N–H and O–H groups in total. The second-order valence-corrected chi connectivity index (χ2v) is 5.70. The molecule has 0 spiro atoms. The highest BCUT2D eigenvalue weighted by molar-refractivity contribution is 8.05. The van der Waals surface area contributed by atoms with Crippen molar-refractivity contribution in [2.75, 3.05) is 6.54 Å². The van der Waals surface area contributed by atoms with Gasteiger partial charge in [-0.15, -0.1) is 12.4 Å². The number of hydrogen-bond donors (Lipinski definition) is 0. The molecule has 0 atom stereocenters. The van der Waals surface area contributed by atoms with Crippen molar-refractivity contribution in [2.24, 2.45) is 4.99 Å². The normalized spacial score (nSPS) is 12.2. The molecule has 0 saturated carbocycles. The Morgan fingerprint density at radius 3 is 2.36 bits per heavy atom. The van der Waals surface area contributed by atoms with E-state index in [1.807, 2.05) is 6.92 Å². The van der Waals surface area contributed by atoms with Crippen molar-refractivity contribution in [1.82, 2.24) is 0 Å². The van der Waals surface area contributed by atoms with Crippen LogP contribution in [0.15, 0.2) is 4.99 Å². The van der Waals surface area contributed by atoms with Gasteiger partial charge in [0, 0.05) is 36.0 Å². The van der Waals surface area contributed by atoms with Gasteiger partial charge in [-0.25, -0.2) is 4.57 Å². The van der Waals surface area contributed by atoms with Gasteiger partial charge in [-0.3, -0.25) is 4.99 Å². The largest absolute Gasteiger partial charge is 0.429 e. The van der Waals surface area contributed by atoms with Gasteiger partial charge in [0.05, 0.1) is 0 Å². The smallest absolute Gasteiger partial charge is 0.409 e. The van der Waals surface area contributed by atoms with Crippen LogP contribution in [0.25, 0.3) is 0 Å². The van der Waals surface area contributed by atoms with Gasteiger partial charge in [0.25, 0.3) is 0 Å². The van der Waals surface area contributed by atoms with E-state index in [-0.39, 0.29) is 18.3 Å². The van der Waals surface area contributed by atoms with Gasteiger partial charge in [0.2, 0.25) is 0 Å². The van der Waals surface area contributed by atoms with E-state index >= 15 is 0 Å². The molecule has 0 aromatic rings. The van der Waals surface area contributed by atoms with Crippen LogP contribution in [0.1, 0.15) is 13.8 Å². The van der Waals surface area contributed by atoms with Crippen LogP contribution in [-0.4, -0.2) is 12.4 Å². The van der Waals surface area contributed by atoms with Crippen molar-refractivity contribution < 1.29 is 9.09 Å². The van der Waals surface area contributed by atoms with Crippen LogP contribution < -0.4 is 0 Å². The third-order valence-corrected chi connectivity index (χ3v) is 1.51. The van der Waals surface area contributed by atoms with Crippen molar-refractivity contribution in [2.45, 2.75) is 13.8 Å². The minimum atomic E-state index is -3.44. The summed E-state index contributed by atoms with van der Waals surface area (Å²) in [6, 6.07) is 0. The Labute approximate surface area is 81.6 Å². The van der Waals surface area contributed by atoms with Gasteiger partial charge in [-0.2, -0.15) is 0 Å². The van der Waals surface area contributed by atoms with Crippen molar-refractivity contribution >= 4 is 46.9 Å². The van der Waals surface area contributed by atoms with E-state index < -0.39 is 6.07 Å². The molecule has 7 heteroatoms. The highest BCUT2D eigenvalue weighted by Gasteiger charge is 2.15. The van der Waals surface area contributed by atoms with Crippen LogP contribution >= 0.6 is 41.0 Å². The number of rotatable bonds is 2. The maximum atomic E-state index is 10.5. The predicted octanol–water partition coefficient (Wildman–Crippen LogP) is 3.45. The van der Waals surface area contributed by atoms with Gasteiger partial charge in [-0.1, -0.05) is 0 Å². The van der Waals surface area contributed by atoms with Gasteiger partial charge in [0.1, 0.15) is 0 Å². The minimum absolute atomic E-state index is 0. The minimum Gasteiger partial charge on any atom is -0.409 e. The number of aliphatic imine (C=N–C) groups is 1. The molecule has 0 fully saturated rings. The first-order valence-electron chi connectivity index (χ1n) is 2.65. The van der Waals surface area contributed by atoms with Crippen LogP contribution in [0, 0.1) is 0 Å². The topological polar surface area (TPSA) is 38.7 Å². The van der Waals surface area contributed by atoms with Crippen molar-refractivity contribution in [3.63, 3.8) is 0 Å². The fourth-order valence-electron chi connectivity index (χ4n) is 0.405. The molecule has 0 aliphatic heterocycles. The van der Waals surface area contributed by atoms with Gasteiger partial charge in [0.15, 0.2) is 5.90 Å². The fraction of sp³-hybridized carbons (Fsp3) is 0.750. The number of halogens is 3. The Hall–Kier alpha value is 0.570. The Balaban J connectivity index is 0. The molecule has 0 radical (unpaired) electrons. The molecular formula is C4H9Cl3NO2P. The summed E-state index contributed by atoms with van der Waals surface area (Å²) in [7, 11) is 0. The third-order valence-electron chi connectivity index (χ3n) is 0.619. The maximum Gasteiger partial charge on any atom is 0.429 e. The second kappa shape index (κ2) is 6.13. The molecule has 68 valence electrons. The molecule has 0 aromatic heterocycles. The second-order valence-electron chi connectivity index (χ2n) is 1.50. The maximum absolute atomic E-state index is 10.5. The Morgan fingerprint density at radius 1 is 1.64 bits per heavy atom. The zero-order chi connectivity index (χ0) is 8.20. The van der Waals surface area contributed by atoms with E-state index in [0.717, 1.165) is 0 Å². The zero-order valence-corrected chi connectivity index (χ0v) is 9.30. The molecule has 0 rings (SSSR count). The van der Waals surface area contributed by atoms with Crippen LogP contribution in [0.2, 0.25) is 0 Å². The first kappa shape index (κ1) is 14.1. The Morgan fingerprint density at radius 2 is 2.09 bits per heavy atom. The van der Waals surface area contributed by atoms with Crippen LogP contribution in [0.3, 0.4) is 0 Å². The molecule has 0 heterocycles. The van der Waals surface area contributed by atoms with E-state index in [4.69, 9.17) is 22.5 Å². The lowest BCUT2D eigenvalue weighted by molar-refractivity contribution is 0.506. The zero-order valence-electron chi connectivity index (χ0n) is 6.08. The lowest BCUT2D eigenvalue weighted by Crippen LogP contribution is -1.92. The Kier molecular flexibility index (Phi) is 7.86. The molecule has 0 aromatic carbocycles. The Bertz CT molecular complexity index is 178. The highest BCUT2D eigenvalue weighted by atomic mass is 35.9. The van der Waals surface area contributed by atoms with E-state index in [1.54, 1.807) is 6.92 Å². The van der Waals surface area contributed by atoms with Gasteiger partial charge < -0.3 is 4.52 Å². The van der Waals surface area contributed by atoms with Crippen LogP contribution in [0.4, 0.5) is 0 Å². The molecule has 0 aliphatic carbocycles. The van der Waals surface area contributed by atoms with Gasteiger partial charge in [-0.05, 0) is 6.92 Å². The van der Waals surface area contributed by atoms with E-state index in [1.165, 1.54) is 0 Å². The van der Waals surface area contributed by atoms with E-state index in [0.29, 0.717) is 6.54 Å². The summed E-state index contributed by atoms with van der Waals surface area (Å²) in [6.07, 6.45) is -3.44. The third kappa shape index (κ3) is 10.6. The van der Waals surface area contributed by atoms with Crippen LogP contribution in [0.5, 0.6) is 0 Å². The SMILES string of the molecule is CC/N=C(/C)OP(=O)(Cl)Cl.Cl. The van der Waals surface area contributed by atoms with E-state index in [2.05, 4.69) is 9.52 Å². The number of hydrogen-bond acceptors (Lipinski definition) is 3. The average Bonchev–Trinajstić information content (AvgIpc) is 1.59. The summed E-state index contributed by atoms with van der Waals surface area (Å²) in [5, 5.41) is 0. The van der Waals surface area contributed by atoms with Gasteiger partial charge >= 0.3 is 6.07 Å². The van der Waals surface area contributed by atoms with E-state index in [9.17, 15) is 4.57 Å². The lowest BCUT2D eigenvalue weighted by atomic mass is 10.7. The lowest BCUT2D eigenvalue weighted by Gasteiger charge is -2.03. The molecule has 0 saturated heterocycles. The van der Waals surface area contributed by atoms with Crippen molar-refractivity contribution in [3.05, 3.63) is 0 Å². The van der Waals surface area contributed by atoms with Crippen LogP contribution in [-0.2, 0) is 9.09 Å². The molecule has 0 amide bonds. The monoisotopic (exact) mass is 239 g/mol. The van der Waals surface area contributed by atoms with Crippen molar-refractivity contribution in [3.8, 4) is 0 Å². The standard InChI is InChI=1S/C4H8Cl2NO2P.ClH/c1-3-7-4(2)9-10(5,6)8;/h3H2,1-2H3;1H/b7-4-;. The molecule has 11 heavy (non-hydrogen) atoms. The summed E-state index contributed by atoms with van der Waals surface area (Å²) in [6.45, 7) is 3.92. The molecule has 0 unspecified atom stereocenters. The molecular weight excluding hydrogens is 231 g/mol. The summed E-state index contributed by atoms with van der Waals surface area (Å²) in [5.41, 5.74) is 0. The predicted molar refractivity (Wildman–Crippen MR) is 51.3 cm³/mol.